The van der Waals surface area contributed by atoms with Gasteiger partial charge in [-0.15, -0.1) is 0 Å². The topological polar surface area (TPSA) is 71.0 Å². The number of nitrogens with one attached hydrogen (secondary N) is 1. The van der Waals surface area contributed by atoms with Crippen molar-refractivity contribution in [1.29, 1.82) is 0 Å². The van der Waals surface area contributed by atoms with Crippen LogP contribution in [0.3, 0.4) is 0 Å². The first-order valence-corrected chi connectivity index (χ1v) is 9.17. The zero-order valence-electron chi connectivity index (χ0n) is 16.4. The normalized spacial score (nSPS) is 11.3. The molecule has 0 aliphatic carbocycles. The number of hydrogen-bond donors (Lipinski definition) is 1. The molecule has 0 atom stereocenters. The van der Waals surface area contributed by atoms with E-state index in [1.54, 1.807) is 18.1 Å². The Morgan fingerprint density at radius 1 is 1.07 bits per heavy atom. The van der Waals surface area contributed by atoms with E-state index in [2.05, 4.69) is 10.1 Å². The summed E-state index contributed by atoms with van der Waals surface area (Å²) in [5.41, 5.74) is 5.08. The van der Waals surface area contributed by atoms with Crippen molar-refractivity contribution in [2.45, 2.75) is 27.3 Å². The minimum atomic E-state index is -0.297. The molecule has 0 radical (unpaired) electrons. The van der Waals surface area contributed by atoms with Gasteiger partial charge in [-0.3, -0.25) is 9.59 Å². The Balaban J connectivity index is 1.70. The van der Waals surface area contributed by atoms with Gasteiger partial charge in [-0.25, -0.2) is 4.68 Å². The first kappa shape index (κ1) is 18.0. The molecule has 0 aliphatic rings. The number of likely N-dealkylation sites (N-methyl/N-ethyl adjacent to an activating group) is 1. The number of nitrogens with zero attached hydrogens (tertiary/aromatic N) is 3. The lowest BCUT2D eigenvalue weighted by atomic mass is 10.1. The lowest BCUT2D eigenvalue weighted by Crippen LogP contribution is -2.35. The van der Waals surface area contributed by atoms with E-state index in [1.807, 2.05) is 57.2 Å². The Hall–Kier alpha value is -3.41. The number of aromatic amines is 1. The highest BCUT2D eigenvalue weighted by Crippen LogP contribution is 2.24. The Labute approximate surface area is 162 Å². The summed E-state index contributed by atoms with van der Waals surface area (Å²) in [6.07, 6.45) is 1.65. The molecule has 1 N–H and O–H groups in total. The SMILES string of the molecule is Cc1ccc(C)c(N(C)C(=O)Cn2ncc3c([nH]c4ccc(C)cc43)c2=O)c1. The van der Waals surface area contributed by atoms with Crippen molar-refractivity contribution in [3.8, 4) is 0 Å². The number of fused-ring (bicyclic) bond motifs is 3. The average Bonchev–Trinajstić information content (AvgIpc) is 3.04. The van der Waals surface area contributed by atoms with Gasteiger partial charge < -0.3 is 9.88 Å². The highest BCUT2D eigenvalue weighted by atomic mass is 16.2. The van der Waals surface area contributed by atoms with Crippen molar-refractivity contribution in [2.75, 3.05) is 11.9 Å². The van der Waals surface area contributed by atoms with Gasteiger partial charge in [0.1, 0.15) is 12.1 Å². The van der Waals surface area contributed by atoms with Crippen LogP contribution in [-0.4, -0.2) is 27.7 Å². The zero-order chi connectivity index (χ0) is 20.0. The van der Waals surface area contributed by atoms with E-state index in [1.165, 1.54) is 4.68 Å². The third-order valence-electron chi connectivity index (χ3n) is 5.15. The third kappa shape index (κ3) is 2.97. The molecule has 6 heteroatoms. The van der Waals surface area contributed by atoms with Crippen molar-refractivity contribution in [3.05, 3.63) is 69.6 Å². The zero-order valence-corrected chi connectivity index (χ0v) is 16.4. The molecule has 0 fully saturated rings. The standard InChI is InChI=1S/C22H22N4O2/c1-13-6-8-18-16(9-13)17-11-23-26(22(28)21(17)24-18)12-20(27)25(4)19-10-14(2)5-7-15(19)3/h5-11,24H,12H2,1-4H3. The number of H-pyrrole nitrogens is 1. The summed E-state index contributed by atoms with van der Waals surface area (Å²) >= 11 is 0. The second kappa shape index (κ2) is 6.64. The monoisotopic (exact) mass is 374 g/mol. The smallest absolute Gasteiger partial charge is 0.291 e. The van der Waals surface area contributed by atoms with E-state index in [-0.39, 0.29) is 18.0 Å². The predicted octanol–water partition coefficient (Wildman–Crippen LogP) is 3.47. The number of rotatable bonds is 3. The second-order valence-electron chi connectivity index (χ2n) is 7.31. The quantitative estimate of drug-likeness (QED) is 0.597. The van der Waals surface area contributed by atoms with Crippen molar-refractivity contribution in [2.24, 2.45) is 0 Å². The molecule has 0 bridgehead atoms. The maximum absolute atomic E-state index is 12.9. The summed E-state index contributed by atoms with van der Waals surface area (Å²) in [6, 6.07) is 11.9. The first-order chi connectivity index (χ1) is 13.3. The number of aryl methyl sites for hydroxylation is 3. The average molecular weight is 374 g/mol. The molecule has 1 amide bonds. The minimum Gasteiger partial charge on any atom is -0.350 e. The van der Waals surface area contributed by atoms with Crippen LogP contribution in [0, 0.1) is 20.8 Å². The number of amides is 1. The number of aromatic nitrogens is 3. The summed E-state index contributed by atoms with van der Waals surface area (Å²) in [5.74, 6) is -0.199. The first-order valence-electron chi connectivity index (χ1n) is 9.17. The van der Waals surface area contributed by atoms with E-state index >= 15 is 0 Å². The van der Waals surface area contributed by atoms with Crippen molar-refractivity contribution < 1.29 is 4.79 Å². The predicted molar refractivity (Wildman–Crippen MR) is 112 cm³/mol. The van der Waals surface area contributed by atoms with Crippen molar-refractivity contribution >= 4 is 33.4 Å². The summed E-state index contributed by atoms with van der Waals surface area (Å²) < 4.78 is 1.22. The molecular formula is C22H22N4O2. The molecule has 0 unspecified atom stereocenters. The van der Waals surface area contributed by atoms with Crippen LogP contribution in [0.4, 0.5) is 5.69 Å². The Morgan fingerprint density at radius 3 is 2.57 bits per heavy atom. The summed E-state index contributed by atoms with van der Waals surface area (Å²) in [4.78, 5) is 30.4. The fraction of sp³-hybridized carbons (Fsp3) is 0.227. The highest BCUT2D eigenvalue weighted by molar-refractivity contribution is 6.06. The Bertz CT molecular complexity index is 1280. The summed E-state index contributed by atoms with van der Waals surface area (Å²) in [7, 11) is 1.72. The molecule has 0 saturated heterocycles. The number of benzene rings is 2. The van der Waals surface area contributed by atoms with E-state index in [0.717, 1.165) is 38.7 Å². The van der Waals surface area contributed by atoms with Gasteiger partial charge >= 0.3 is 0 Å². The highest BCUT2D eigenvalue weighted by Gasteiger charge is 2.17. The molecule has 6 nitrogen and oxygen atoms in total. The fourth-order valence-electron chi connectivity index (χ4n) is 3.50. The molecule has 2 heterocycles. The Kier molecular flexibility index (Phi) is 4.26. The molecule has 28 heavy (non-hydrogen) atoms. The number of carbonyl (C=O) groups is 1. The molecule has 2 aromatic heterocycles. The van der Waals surface area contributed by atoms with Crippen LogP contribution in [0.2, 0.25) is 0 Å². The van der Waals surface area contributed by atoms with Crippen LogP contribution >= 0.6 is 0 Å². The van der Waals surface area contributed by atoms with E-state index in [9.17, 15) is 9.59 Å². The van der Waals surface area contributed by atoms with Crippen LogP contribution in [0.25, 0.3) is 21.8 Å². The molecule has 0 saturated carbocycles. The maximum atomic E-state index is 12.9. The molecule has 0 spiro atoms. The van der Waals surface area contributed by atoms with Gasteiger partial charge in [0, 0.05) is 29.0 Å². The molecule has 142 valence electrons. The van der Waals surface area contributed by atoms with E-state index in [0.29, 0.717) is 5.52 Å². The number of hydrogen-bond acceptors (Lipinski definition) is 3. The molecular weight excluding hydrogens is 352 g/mol. The largest absolute Gasteiger partial charge is 0.350 e. The third-order valence-corrected chi connectivity index (χ3v) is 5.15. The second-order valence-corrected chi connectivity index (χ2v) is 7.31. The minimum absolute atomic E-state index is 0.118. The number of anilines is 1. The van der Waals surface area contributed by atoms with Gasteiger partial charge in [0.2, 0.25) is 5.91 Å². The van der Waals surface area contributed by atoms with Gasteiger partial charge in [-0.05, 0) is 50.1 Å². The summed E-state index contributed by atoms with van der Waals surface area (Å²) in [5, 5.41) is 5.99. The lowest BCUT2D eigenvalue weighted by molar-refractivity contribution is -0.119. The van der Waals surface area contributed by atoms with E-state index in [4.69, 9.17) is 0 Å². The van der Waals surface area contributed by atoms with Crippen molar-refractivity contribution in [1.82, 2.24) is 14.8 Å². The van der Waals surface area contributed by atoms with Crippen LogP contribution in [0.5, 0.6) is 0 Å². The van der Waals surface area contributed by atoms with Crippen LogP contribution in [0.15, 0.2) is 47.4 Å². The molecule has 4 rings (SSSR count). The number of carbonyl (C=O) groups excluding carboxylic acids is 1. The lowest BCUT2D eigenvalue weighted by Gasteiger charge is -2.20. The molecule has 4 aromatic rings. The van der Waals surface area contributed by atoms with Gasteiger partial charge in [0.25, 0.3) is 5.56 Å². The fourth-order valence-corrected chi connectivity index (χ4v) is 3.50. The van der Waals surface area contributed by atoms with Gasteiger partial charge in [-0.2, -0.15) is 5.10 Å². The van der Waals surface area contributed by atoms with Crippen LogP contribution in [0.1, 0.15) is 16.7 Å². The van der Waals surface area contributed by atoms with Crippen LogP contribution < -0.4 is 10.5 Å². The van der Waals surface area contributed by atoms with Gasteiger partial charge in [-0.1, -0.05) is 23.8 Å². The molecule has 0 aliphatic heterocycles. The maximum Gasteiger partial charge on any atom is 0.291 e. The van der Waals surface area contributed by atoms with E-state index < -0.39 is 0 Å². The van der Waals surface area contributed by atoms with Crippen molar-refractivity contribution in [3.63, 3.8) is 0 Å². The molecule has 2 aromatic carbocycles. The van der Waals surface area contributed by atoms with Gasteiger partial charge in [0.15, 0.2) is 0 Å². The summed E-state index contributed by atoms with van der Waals surface area (Å²) in [6.45, 7) is 5.84. The van der Waals surface area contributed by atoms with Gasteiger partial charge in [0.05, 0.1) is 6.20 Å². The van der Waals surface area contributed by atoms with Crippen LogP contribution in [-0.2, 0) is 11.3 Å². The Morgan fingerprint density at radius 2 is 1.79 bits per heavy atom.